The Morgan fingerprint density at radius 3 is 2.84 bits per heavy atom. The molecule has 2 aliphatic carbocycles. The van der Waals surface area contributed by atoms with Crippen molar-refractivity contribution in [1.82, 2.24) is 20.0 Å². The molecule has 2 bridgehead atoms. The monoisotopic (exact) mass is 340 g/mol. The summed E-state index contributed by atoms with van der Waals surface area (Å²) in [4.78, 5) is 0. The summed E-state index contributed by atoms with van der Waals surface area (Å²) in [5.74, 6) is 1.36. The summed E-state index contributed by atoms with van der Waals surface area (Å²) in [6.07, 6.45) is 6.45. The van der Waals surface area contributed by atoms with Crippen molar-refractivity contribution in [3.8, 4) is 17.1 Å². The SMILES string of the molecule is CCCCOc1c(-c2cc3c(nn2)[C@@]2(C)CC[C@@H]3C2(C)C)cnn1C. The van der Waals surface area contributed by atoms with Gasteiger partial charge >= 0.3 is 0 Å². The molecule has 1 saturated carbocycles. The number of hydrogen-bond donors (Lipinski definition) is 0. The van der Waals surface area contributed by atoms with Crippen LogP contribution in [0.4, 0.5) is 0 Å². The molecule has 2 atom stereocenters. The maximum absolute atomic E-state index is 5.98. The normalized spacial score (nSPS) is 26.0. The van der Waals surface area contributed by atoms with Crippen LogP contribution in [0.5, 0.6) is 5.88 Å². The fourth-order valence-electron chi connectivity index (χ4n) is 4.79. The lowest BCUT2D eigenvalue weighted by Gasteiger charge is -2.33. The molecule has 2 heterocycles. The first kappa shape index (κ1) is 16.6. The van der Waals surface area contributed by atoms with Gasteiger partial charge in [-0.2, -0.15) is 10.2 Å². The van der Waals surface area contributed by atoms with Crippen LogP contribution in [-0.4, -0.2) is 26.6 Å². The molecule has 134 valence electrons. The summed E-state index contributed by atoms with van der Waals surface area (Å²) in [5.41, 5.74) is 4.80. The number of hydrogen-bond acceptors (Lipinski definition) is 4. The molecule has 0 spiro atoms. The van der Waals surface area contributed by atoms with Gasteiger partial charge in [0, 0.05) is 12.5 Å². The lowest BCUT2D eigenvalue weighted by molar-refractivity contribution is 0.226. The van der Waals surface area contributed by atoms with Crippen LogP contribution in [0.1, 0.15) is 70.6 Å². The van der Waals surface area contributed by atoms with Crippen molar-refractivity contribution in [2.45, 2.75) is 64.7 Å². The van der Waals surface area contributed by atoms with E-state index < -0.39 is 0 Å². The lowest BCUT2D eigenvalue weighted by Crippen LogP contribution is -2.32. The molecular formula is C20H28N4O. The molecule has 0 unspecified atom stereocenters. The van der Waals surface area contributed by atoms with Crippen LogP contribution >= 0.6 is 0 Å². The van der Waals surface area contributed by atoms with E-state index in [0.29, 0.717) is 12.5 Å². The number of fused-ring (bicyclic) bond motifs is 5. The van der Waals surface area contributed by atoms with Gasteiger partial charge in [0.25, 0.3) is 0 Å². The molecular weight excluding hydrogens is 312 g/mol. The smallest absolute Gasteiger partial charge is 0.221 e. The van der Waals surface area contributed by atoms with Crippen LogP contribution in [0.25, 0.3) is 11.3 Å². The number of nitrogens with zero attached hydrogens (tertiary/aromatic N) is 4. The Labute approximate surface area is 149 Å². The second-order valence-corrected chi connectivity index (χ2v) is 8.37. The topological polar surface area (TPSA) is 52.8 Å². The number of aromatic nitrogens is 4. The molecule has 0 aliphatic heterocycles. The molecule has 0 amide bonds. The Morgan fingerprint density at radius 1 is 1.28 bits per heavy atom. The van der Waals surface area contributed by atoms with Crippen LogP contribution in [-0.2, 0) is 12.5 Å². The van der Waals surface area contributed by atoms with Crippen molar-refractivity contribution < 1.29 is 4.74 Å². The van der Waals surface area contributed by atoms with Crippen LogP contribution in [0.2, 0.25) is 0 Å². The Kier molecular flexibility index (Phi) is 3.67. The first-order valence-corrected chi connectivity index (χ1v) is 9.43. The van der Waals surface area contributed by atoms with Gasteiger partial charge in [-0.15, -0.1) is 5.10 Å². The van der Waals surface area contributed by atoms with E-state index in [2.05, 4.69) is 49.1 Å². The van der Waals surface area contributed by atoms with Gasteiger partial charge < -0.3 is 4.74 Å². The van der Waals surface area contributed by atoms with Crippen LogP contribution < -0.4 is 4.74 Å². The predicted molar refractivity (Wildman–Crippen MR) is 97.7 cm³/mol. The molecule has 25 heavy (non-hydrogen) atoms. The summed E-state index contributed by atoms with van der Waals surface area (Å²) < 4.78 is 7.77. The second-order valence-electron chi connectivity index (χ2n) is 8.37. The molecule has 2 aromatic rings. The largest absolute Gasteiger partial charge is 0.477 e. The highest BCUT2D eigenvalue weighted by Gasteiger charge is 2.60. The highest BCUT2D eigenvalue weighted by atomic mass is 16.5. The van der Waals surface area contributed by atoms with Gasteiger partial charge in [-0.3, -0.25) is 0 Å². The van der Waals surface area contributed by atoms with Crippen molar-refractivity contribution in [2.24, 2.45) is 12.5 Å². The van der Waals surface area contributed by atoms with E-state index in [1.54, 1.807) is 4.68 Å². The summed E-state index contributed by atoms with van der Waals surface area (Å²) >= 11 is 0. The highest BCUT2D eigenvalue weighted by molar-refractivity contribution is 5.66. The zero-order valence-corrected chi connectivity index (χ0v) is 16.0. The van der Waals surface area contributed by atoms with Crippen molar-refractivity contribution >= 4 is 0 Å². The highest BCUT2D eigenvalue weighted by Crippen LogP contribution is 2.67. The first-order valence-electron chi connectivity index (χ1n) is 9.43. The lowest BCUT2D eigenvalue weighted by atomic mass is 9.70. The van der Waals surface area contributed by atoms with Gasteiger partial charge in [0.05, 0.1) is 24.1 Å². The average molecular weight is 340 g/mol. The Hall–Kier alpha value is -1.91. The van der Waals surface area contributed by atoms with E-state index >= 15 is 0 Å². The summed E-state index contributed by atoms with van der Waals surface area (Å²) in [6, 6.07) is 2.24. The Morgan fingerprint density at radius 2 is 2.08 bits per heavy atom. The van der Waals surface area contributed by atoms with E-state index in [-0.39, 0.29) is 10.8 Å². The van der Waals surface area contributed by atoms with Crippen LogP contribution in [0, 0.1) is 5.41 Å². The predicted octanol–water partition coefficient (Wildman–Crippen LogP) is 4.23. The van der Waals surface area contributed by atoms with E-state index in [1.807, 2.05) is 13.2 Å². The van der Waals surface area contributed by atoms with E-state index in [1.165, 1.54) is 24.1 Å². The third-order valence-corrected chi connectivity index (χ3v) is 6.84. The van der Waals surface area contributed by atoms with E-state index in [9.17, 15) is 0 Å². The molecule has 2 aromatic heterocycles. The van der Waals surface area contributed by atoms with E-state index in [4.69, 9.17) is 4.74 Å². The minimum atomic E-state index is 0.147. The Balaban J connectivity index is 1.73. The second kappa shape index (κ2) is 5.55. The van der Waals surface area contributed by atoms with Crippen molar-refractivity contribution in [3.63, 3.8) is 0 Å². The summed E-state index contributed by atoms with van der Waals surface area (Å²) in [7, 11) is 1.91. The van der Waals surface area contributed by atoms with Gasteiger partial charge in [-0.1, -0.05) is 34.1 Å². The Bertz CT molecular complexity index is 810. The van der Waals surface area contributed by atoms with Crippen LogP contribution in [0.15, 0.2) is 12.3 Å². The van der Waals surface area contributed by atoms with Gasteiger partial charge in [0.1, 0.15) is 5.69 Å². The minimum Gasteiger partial charge on any atom is -0.477 e. The first-order chi connectivity index (χ1) is 11.9. The third-order valence-electron chi connectivity index (χ3n) is 6.84. The minimum absolute atomic E-state index is 0.147. The van der Waals surface area contributed by atoms with Gasteiger partial charge in [0.2, 0.25) is 5.88 Å². The molecule has 0 aromatic carbocycles. The zero-order valence-electron chi connectivity index (χ0n) is 16.0. The van der Waals surface area contributed by atoms with Crippen molar-refractivity contribution in [2.75, 3.05) is 6.61 Å². The number of ether oxygens (including phenoxy) is 1. The zero-order chi connectivity index (χ0) is 17.8. The molecule has 0 N–H and O–H groups in total. The summed E-state index contributed by atoms with van der Waals surface area (Å²) in [5, 5.41) is 13.6. The fraction of sp³-hybridized carbons (Fsp3) is 0.650. The van der Waals surface area contributed by atoms with Crippen molar-refractivity contribution in [3.05, 3.63) is 23.5 Å². The van der Waals surface area contributed by atoms with Gasteiger partial charge in [-0.25, -0.2) is 4.68 Å². The maximum atomic E-state index is 5.98. The quantitative estimate of drug-likeness (QED) is 0.764. The third kappa shape index (κ3) is 2.17. The number of aryl methyl sites for hydroxylation is 1. The van der Waals surface area contributed by atoms with Crippen molar-refractivity contribution in [1.29, 1.82) is 0 Å². The molecule has 1 fully saturated rings. The molecule has 5 heteroatoms. The molecule has 5 nitrogen and oxygen atoms in total. The number of unbranched alkanes of at least 4 members (excludes halogenated alkanes) is 1. The standard InChI is InChI=1S/C20H28N4O/c1-6-7-10-25-18-14(12-21-24(18)5)16-11-13-15-8-9-20(4,19(15,2)3)17(13)23-22-16/h11-12,15H,6-10H2,1-5H3/t15-,20+/m0/s1. The molecule has 2 aliphatic rings. The molecule has 0 radical (unpaired) electrons. The molecule has 4 rings (SSSR count). The van der Waals surface area contributed by atoms with E-state index in [0.717, 1.165) is 30.0 Å². The van der Waals surface area contributed by atoms with Crippen LogP contribution in [0.3, 0.4) is 0 Å². The van der Waals surface area contributed by atoms with Gasteiger partial charge in [-0.05, 0) is 42.2 Å². The fourth-order valence-corrected chi connectivity index (χ4v) is 4.79. The molecule has 0 saturated heterocycles. The average Bonchev–Trinajstić information content (AvgIpc) is 3.11. The maximum Gasteiger partial charge on any atom is 0.221 e. The van der Waals surface area contributed by atoms with Gasteiger partial charge in [0.15, 0.2) is 0 Å². The summed E-state index contributed by atoms with van der Waals surface area (Å²) in [6.45, 7) is 9.99. The number of rotatable bonds is 5.